The molecular formula is C83H88Cl2N8O29. The highest BCUT2D eigenvalue weighted by Gasteiger charge is 2.52. The first kappa shape index (κ1) is 88.0. The first-order chi connectivity index (χ1) is 58.2. The number of carbonyl (C=O) groups excluding carboxylic acids is 7. The lowest BCUT2D eigenvalue weighted by Gasteiger charge is -2.41. The molecule has 122 heavy (non-hydrogen) atoms. The smallest absolute Gasteiger partial charge is 0.335 e. The van der Waals surface area contributed by atoms with Crippen LogP contribution < -0.4 is 66.2 Å². The van der Waals surface area contributed by atoms with Gasteiger partial charge in [0.05, 0.1) is 16.7 Å². The van der Waals surface area contributed by atoms with E-state index >= 15 is 24.0 Å². The average molecular weight is 1730 g/mol. The summed E-state index contributed by atoms with van der Waals surface area (Å²) in [4.78, 5) is 136. The van der Waals surface area contributed by atoms with Crippen LogP contribution in [0.4, 0.5) is 0 Å². The maximum atomic E-state index is 16.7. The zero-order valence-corrected chi connectivity index (χ0v) is 66.6. The molecule has 648 valence electrons. The predicted octanol–water partition coefficient (Wildman–Crippen LogP) is 4.18. The second-order valence-corrected chi connectivity index (χ2v) is 31.4. The van der Waals surface area contributed by atoms with Crippen LogP contribution >= 0.6 is 23.2 Å². The van der Waals surface area contributed by atoms with Gasteiger partial charge in [-0.15, -0.1) is 0 Å². The van der Waals surface area contributed by atoms with Gasteiger partial charge in [-0.05, 0) is 120 Å². The van der Waals surface area contributed by atoms with Crippen molar-refractivity contribution in [3.05, 3.63) is 164 Å². The summed E-state index contributed by atoms with van der Waals surface area (Å²) in [5.41, 5.74) is -3.29. The highest BCUT2D eigenvalue weighted by Crippen LogP contribution is 2.50. The van der Waals surface area contributed by atoms with Gasteiger partial charge in [0.25, 0.3) is 0 Å². The van der Waals surface area contributed by atoms with E-state index in [-0.39, 0.29) is 40.4 Å². The topological polar surface area (TPSA) is 577 Å². The minimum Gasteiger partial charge on any atom is -0.508 e. The van der Waals surface area contributed by atoms with E-state index in [1.807, 2.05) is 0 Å². The van der Waals surface area contributed by atoms with E-state index in [4.69, 9.17) is 56.4 Å². The monoisotopic (exact) mass is 1730 g/mol. The number of halogens is 2. The number of ether oxygens (including phenoxy) is 7. The SMILES string of the molecule is CNC1C(=O)N[C@@H]2Cc3ccc(cc3)Oc3cc4cc(c3O[C@@H]3O[C@H](C(=O)O)[C@@H](O)[C@H](O)[C@H]3NC(=O)CCCCCCCCC(C)C)Oc3ccc(cc3Cl)[C@@H](O)[C@@H]3NC(=O)[C@H](NC(=O)[C@@H]4NC(=O)[C@@H](NC2=O)c2cc(cc(O)c2Cl)Oc2cc1ccc2O)c1ccc(O)c(c1)-c1c(O[C@H]2O[C@H](CO)[C@@H](O)[C@H](O)[C@@H]2O)cc(O)cc1C(C(=O)O)NC3=O. The minimum absolute atomic E-state index is 0.153. The number of benzene rings is 7. The number of aliphatic carboxylic acids is 2. The van der Waals surface area contributed by atoms with Crippen molar-refractivity contribution in [3.8, 4) is 80.1 Å². The number of rotatable bonds is 18. The molecule has 7 amide bonds. The Morgan fingerprint density at radius 1 is 0.533 bits per heavy atom. The van der Waals surface area contributed by atoms with Crippen molar-refractivity contribution >= 4 is 76.5 Å². The molecule has 37 nitrogen and oxygen atoms in total. The summed E-state index contributed by atoms with van der Waals surface area (Å²) < 4.78 is 44.0. The van der Waals surface area contributed by atoms with E-state index in [0.717, 1.165) is 105 Å². The Hall–Kier alpha value is -11.9. The van der Waals surface area contributed by atoms with E-state index in [1.165, 1.54) is 49.5 Å². The van der Waals surface area contributed by atoms with Crippen molar-refractivity contribution in [1.29, 1.82) is 0 Å². The third-order valence-electron chi connectivity index (χ3n) is 21.6. The third kappa shape index (κ3) is 18.9. The molecule has 0 radical (unpaired) electrons. The first-order valence-electron chi connectivity index (χ1n) is 38.9. The molecule has 8 aliphatic heterocycles. The van der Waals surface area contributed by atoms with Gasteiger partial charge in [-0.2, -0.15) is 0 Å². The number of carboxylic acid groups (broad SMARTS) is 2. The summed E-state index contributed by atoms with van der Waals surface area (Å²) in [5.74, 6) is -19.0. The molecule has 21 N–H and O–H groups in total. The van der Waals surface area contributed by atoms with E-state index in [9.17, 15) is 85.6 Å². The number of amides is 7. The molecule has 18 atom stereocenters. The largest absolute Gasteiger partial charge is 0.508 e. The van der Waals surface area contributed by atoms with Gasteiger partial charge in [-0.3, -0.25) is 33.6 Å². The molecule has 8 heterocycles. The minimum atomic E-state index is -2.47. The Kier molecular flexibility index (Phi) is 26.8. The van der Waals surface area contributed by atoms with Gasteiger partial charge in [0, 0.05) is 47.2 Å². The van der Waals surface area contributed by atoms with Crippen LogP contribution in [0.15, 0.2) is 115 Å². The molecule has 0 spiro atoms. The van der Waals surface area contributed by atoms with Crippen LogP contribution in [-0.4, -0.2) is 207 Å². The predicted molar refractivity (Wildman–Crippen MR) is 424 cm³/mol. The molecule has 0 aliphatic carbocycles. The van der Waals surface area contributed by atoms with Crippen LogP contribution in [0, 0.1) is 5.92 Å². The van der Waals surface area contributed by atoms with Crippen molar-refractivity contribution in [3.63, 3.8) is 0 Å². The number of carboxylic acids is 2. The summed E-state index contributed by atoms with van der Waals surface area (Å²) >= 11 is 14.2. The summed E-state index contributed by atoms with van der Waals surface area (Å²) in [5, 5.41) is 167. The quantitative estimate of drug-likeness (QED) is 0.0536. The van der Waals surface area contributed by atoms with Gasteiger partial charge in [0.15, 0.2) is 35.1 Å². The fraction of sp³-hybridized carbons (Fsp3) is 0.386. The van der Waals surface area contributed by atoms with E-state index < -0.39 is 271 Å². The molecule has 15 rings (SSSR count). The Morgan fingerprint density at radius 3 is 1.86 bits per heavy atom. The number of unbranched alkanes of at least 4 members (excludes halogenated alkanes) is 5. The second kappa shape index (κ2) is 37.2. The standard InChI is InChI=1S/C83H88Cl2N8O29/c1-33(2)10-8-6-4-5-7-9-11-56(99)88-65-68(102)70(104)73(81(114)115)122-82(65)121-72-53-26-38-27-54(72)118-50-21-16-37(24-45(50)84)66(100)64-79(111)92-63(80(112)113)43-28-39(95)29-52(119-83-71(105)69(103)67(101)55(32-94)120-83)57(43)42-23-35(14-19-47(42)96)60(76(108)93-64)89-77(109)61(38)90-78(110)62-44-30-41(31-49(98)58(44)85)117-51-25-36(15-20-48(51)97)59(86-3)75(107)87-46(74(106)91-62)22-34-12-17-40(116-53)18-13-34/h12-21,23-31,33,46,55,59-71,73,82-83,86,94-98,100-105H,4-11,22,32H2,1-3H3,(H,87,107)(H,88,99)(H,89,109)(H,90,110)(H,91,106)(H,92,111)(H,93,108)(H,112,113)(H,114,115)/t46-,55-,59?,60-,61-,62+,63?,64+,65-,66-,67-,68-,69+,70+,71+,73+,82-,83+/m1/s1. The third-order valence-corrected chi connectivity index (χ3v) is 22.3. The number of hydrogen-bond acceptors (Lipinski definition) is 28. The number of hydrogen-bond donors (Lipinski definition) is 21. The Morgan fingerprint density at radius 2 is 1.17 bits per heavy atom. The lowest BCUT2D eigenvalue weighted by atomic mass is 9.89. The number of carbonyl (C=O) groups is 9. The molecule has 2 unspecified atom stereocenters. The number of phenolic OH excluding ortho intramolecular Hbond substituents is 4. The molecule has 39 heteroatoms. The van der Waals surface area contributed by atoms with Crippen LogP contribution in [-0.2, 0) is 59.0 Å². The maximum Gasteiger partial charge on any atom is 0.335 e. The van der Waals surface area contributed by atoms with Crippen LogP contribution in [0.2, 0.25) is 10.0 Å². The van der Waals surface area contributed by atoms with Gasteiger partial charge in [-0.1, -0.05) is 106 Å². The molecule has 7 aromatic carbocycles. The average Bonchev–Trinajstić information content (AvgIpc) is 0.760. The van der Waals surface area contributed by atoms with Crippen LogP contribution in [0.1, 0.15) is 140 Å². The second-order valence-electron chi connectivity index (χ2n) is 30.6. The van der Waals surface area contributed by atoms with Gasteiger partial charge in [0.2, 0.25) is 59.7 Å². The van der Waals surface area contributed by atoms with Crippen LogP contribution in [0.25, 0.3) is 11.1 Å². The zero-order valence-electron chi connectivity index (χ0n) is 65.1. The molecule has 0 aromatic heterocycles. The number of likely N-dealkylation sites (N-methyl/N-ethyl adjacent to an activating group) is 1. The fourth-order valence-electron chi connectivity index (χ4n) is 15.2. The normalized spacial score (nSPS) is 26.5. The van der Waals surface area contributed by atoms with Gasteiger partial charge < -0.3 is 142 Å². The molecule has 2 fully saturated rings. The Balaban J connectivity index is 1.04. The number of aromatic hydroxyl groups is 4. The van der Waals surface area contributed by atoms with Crippen molar-refractivity contribution in [2.75, 3.05) is 13.7 Å². The Bertz CT molecular complexity index is 5200. The van der Waals surface area contributed by atoms with Crippen molar-refractivity contribution < 1.29 is 143 Å². The van der Waals surface area contributed by atoms with Crippen LogP contribution in [0.3, 0.4) is 0 Å². The number of aliphatic hydroxyl groups excluding tert-OH is 7. The van der Waals surface area contributed by atoms with Crippen molar-refractivity contribution in [1.82, 2.24) is 42.5 Å². The van der Waals surface area contributed by atoms with E-state index in [0.29, 0.717) is 18.8 Å². The van der Waals surface area contributed by atoms with Crippen LogP contribution in [0.5, 0.6) is 69.0 Å². The first-order valence-corrected chi connectivity index (χ1v) is 39.7. The molecule has 7 aromatic rings. The molecule has 8 aliphatic rings. The van der Waals surface area contributed by atoms with Gasteiger partial charge in [-0.25, -0.2) is 9.59 Å². The summed E-state index contributed by atoms with van der Waals surface area (Å²) in [6.07, 6.45) is -16.3. The summed E-state index contributed by atoms with van der Waals surface area (Å²) in [6.45, 7) is 3.26. The zero-order chi connectivity index (χ0) is 87.6. The molecular weight excluding hydrogens is 1640 g/mol. The molecule has 2 saturated heterocycles. The number of phenols is 4. The Labute approximate surface area is 703 Å². The fourth-order valence-corrected chi connectivity index (χ4v) is 15.6. The maximum absolute atomic E-state index is 16.7. The summed E-state index contributed by atoms with van der Waals surface area (Å²) in [7, 11) is 1.42. The molecule has 0 saturated carbocycles. The lowest BCUT2D eigenvalue weighted by molar-refractivity contribution is -0.277. The molecule has 17 bridgehead atoms. The summed E-state index contributed by atoms with van der Waals surface area (Å²) in [6, 6.07) is 4.41. The van der Waals surface area contributed by atoms with E-state index in [1.54, 1.807) is 0 Å². The van der Waals surface area contributed by atoms with E-state index in [2.05, 4.69) is 56.4 Å². The highest BCUT2D eigenvalue weighted by molar-refractivity contribution is 6.33. The van der Waals surface area contributed by atoms with Gasteiger partial charge in [0.1, 0.15) is 125 Å². The number of aliphatic hydroxyl groups is 7. The lowest BCUT2D eigenvalue weighted by Crippen LogP contribution is -2.66. The van der Waals surface area contributed by atoms with Gasteiger partial charge >= 0.3 is 11.9 Å². The number of nitrogens with one attached hydrogen (secondary N) is 8. The van der Waals surface area contributed by atoms with Crippen molar-refractivity contribution in [2.45, 2.75) is 181 Å². The highest BCUT2D eigenvalue weighted by atomic mass is 35.5. The number of fused-ring (bicyclic) bond motifs is 14. The van der Waals surface area contributed by atoms with Crippen molar-refractivity contribution in [2.24, 2.45) is 5.92 Å².